The van der Waals surface area contributed by atoms with Crippen molar-refractivity contribution in [3.8, 4) is 0 Å². The van der Waals surface area contributed by atoms with Crippen LogP contribution in [0.1, 0.15) is 37.2 Å². The van der Waals surface area contributed by atoms with Crippen molar-refractivity contribution in [3.63, 3.8) is 0 Å². The van der Waals surface area contributed by atoms with Gasteiger partial charge in [0, 0.05) is 18.3 Å². The largest absolute Gasteiger partial charge is 0.302 e. The molecule has 0 aromatic carbocycles. The molecule has 2 heterocycles. The Balaban J connectivity index is 1.98. The van der Waals surface area contributed by atoms with Gasteiger partial charge >= 0.3 is 0 Å². The van der Waals surface area contributed by atoms with E-state index in [1.54, 1.807) is 17.5 Å². The van der Waals surface area contributed by atoms with E-state index in [-0.39, 0.29) is 0 Å². The molecule has 80 valence electrons. The van der Waals surface area contributed by atoms with Crippen molar-refractivity contribution >= 4 is 11.3 Å². The first-order valence-corrected chi connectivity index (χ1v) is 5.99. The Morgan fingerprint density at radius 2 is 2.20 bits per heavy atom. The minimum Gasteiger partial charge on any atom is -0.302 e. The van der Waals surface area contributed by atoms with Crippen molar-refractivity contribution in [3.05, 3.63) is 40.3 Å². The summed E-state index contributed by atoms with van der Waals surface area (Å²) in [6.07, 6.45) is 1.78. The molecule has 0 spiro atoms. The summed E-state index contributed by atoms with van der Waals surface area (Å²) in [4.78, 5) is 0. The van der Waals surface area contributed by atoms with Crippen LogP contribution < -0.4 is 5.32 Å². The number of hydrogen-bond donors (Lipinski definition) is 2. The molecular formula is C11H15N3S. The van der Waals surface area contributed by atoms with Gasteiger partial charge in [0.25, 0.3) is 0 Å². The number of thiophene rings is 1. The summed E-state index contributed by atoms with van der Waals surface area (Å²) in [5.74, 6) is 0. The average Bonchev–Trinajstić information content (AvgIpc) is 2.91. The molecule has 0 radical (unpaired) electrons. The van der Waals surface area contributed by atoms with Gasteiger partial charge in [0.1, 0.15) is 0 Å². The molecule has 2 unspecified atom stereocenters. The van der Waals surface area contributed by atoms with E-state index in [9.17, 15) is 0 Å². The molecule has 4 heteroatoms. The number of aromatic amines is 1. The quantitative estimate of drug-likeness (QED) is 0.833. The van der Waals surface area contributed by atoms with E-state index in [2.05, 4.69) is 46.2 Å². The summed E-state index contributed by atoms with van der Waals surface area (Å²) in [7, 11) is 0. The Labute approximate surface area is 93.5 Å². The number of H-pyrrole nitrogens is 1. The van der Waals surface area contributed by atoms with Crippen LogP contribution in [0.15, 0.2) is 29.1 Å². The highest BCUT2D eigenvalue weighted by Crippen LogP contribution is 2.19. The minimum atomic E-state index is 0.294. The van der Waals surface area contributed by atoms with Crippen molar-refractivity contribution in [2.24, 2.45) is 0 Å². The van der Waals surface area contributed by atoms with E-state index >= 15 is 0 Å². The SMILES string of the molecule is CC(NC(C)c1ccn[nH]1)c1ccsc1. The second-order valence-corrected chi connectivity index (χ2v) is 4.46. The molecule has 0 fully saturated rings. The van der Waals surface area contributed by atoms with Crippen LogP contribution in [-0.2, 0) is 0 Å². The monoisotopic (exact) mass is 221 g/mol. The normalized spacial score (nSPS) is 15.1. The third-order valence-electron chi connectivity index (χ3n) is 2.53. The van der Waals surface area contributed by atoms with Crippen molar-refractivity contribution in [2.75, 3.05) is 0 Å². The number of hydrogen-bond acceptors (Lipinski definition) is 3. The lowest BCUT2D eigenvalue weighted by molar-refractivity contribution is 0.486. The highest BCUT2D eigenvalue weighted by atomic mass is 32.1. The van der Waals surface area contributed by atoms with E-state index < -0.39 is 0 Å². The molecule has 0 aliphatic carbocycles. The molecule has 15 heavy (non-hydrogen) atoms. The van der Waals surface area contributed by atoms with Crippen molar-refractivity contribution in [2.45, 2.75) is 25.9 Å². The predicted molar refractivity (Wildman–Crippen MR) is 62.9 cm³/mol. The van der Waals surface area contributed by atoms with Crippen LogP contribution in [0, 0.1) is 0 Å². The fraction of sp³-hybridized carbons (Fsp3) is 0.364. The summed E-state index contributed by atoms with van der Waals surface area (Å²) < 4.78 is 0. The van der Waals surface area contributed by atoms with Crippen LogP contribution >= 0.6 is 11.3 Å². The smallest absolute Gasteiger partial charge is 0.0518 e. The summed E-state index contributed by atoms with van der Waals surface area (Å²) >= 11 is 1.73. The minimum absolute atomic E-state index is 0.294. The molecule has 3 nitrogen and oxygen atoms in total. The molecule has 0 bridgehead atoms. The van der Waals surface area contributed by atoms with Crippen LogP contribution in [0.25, 0.3) is 0 Å². The first-order chi connectivity index (χ1) is 7.27. The molecule has 2 rings (SSSR count). The summed E-state index contributed by atoms with van der Waals surface area (Å²) in [5, 5.41) is 14.7. The number of aromatic nitrogens is 2. The second kappa shape index (κ2) is 4.59. The molecule has 0 saturated heterocycles. The molecule has 2 aromatic rings. The Morgan fingerprint density at radius 1 is 1.33 bits per heavy atom. The van der Waals surface area contributed by atoms with Crippen LogP contribution in [0.2, 0.25) is 0 Å². The zero-order chi connectivity index (χ0) is 10.7. The van der Waals surface area contributed by atoms with Gasteiger partial charge in [-0.25, -0.2) is 0 Å². The molecule has 0 amide bonds. The van der Waals surface area contributed by atoms with E-state index in [0.717, 1.165) is 5.69 Å². The van der Waals surface area contributed by atoms with Gasteiger partial charge in [-0.15, -0.1) is 0 Å². The molecule has 2 aromatic heterocycles. The lowest BCUT2D eigenvalue weighted by Crippen LogP contribution is -2.22. The zero-order valence-electron chi connectivity index (χ0n) is 8.90. The van der Waals surface area contributed by atoms with E-state index in [4.69, 9.17) is 0 Å². The fourth-order valence-corrected chi connectivity index (χ4v) is 2.34. The summed E-state index contributed by atoms with van der Waals surface area (Å²) in [5.41, 5.74) is 2.46. The number of nitrogens with zero attached hydrogens (tertiary/aromatic N) is 1. The van der Waals surface area contributed by atoms with Crippen LogP contribution in [0.3, 0.4) is 0 Å². The highest BCUT2D eigenvalue weighted by molar-refractivity contribution is 7.07. The molecular weight excluding hydrogens is 206 g/mol. The molecule has 2 N–H and O–H groups in total. The standard InChI is InChI=1S/C11H15N3S/c1-8(10-4-6-15-7-10)13-9(2)11-3-5-12-14-11/h3-9,13H,1-2H3,(H,12,14). The van der Waals surface area contributed by atoms with Crippen molar-refractivity contribution in [1.82, 2.24) is 15.5 Å². The first-order valence-electron chi connectivity index (χ1n) is 5.05. The summed E-state index contributed by atoms with van der Waals surface area (Å²) in [6, 6.07) is 4.82. The van der Waals surface area contributed by atoms with Gasteiger partial charge in [0.15, 0.2) is 0 Å². The highest BCUT2D eigenvalue weighted by Gasteiger charge is 2.11. The van der Waals surface area contributed by atoms with Crippen molar-refractivity contribution < 1.29 is 0 Å². The molecule has 2 atom stereocenters. The van der Waals surface area contributed by atoms with Gasteiger partial charge in [0.2, 0.25) is 0 Å². The van der Waals surface area contributed by atoms with Crippen LogP contribution in [-0.4, -0.2) is 10.2 Å². The maximum atomic E-state index is 3.95. The van der Waals surface area contributed by atoms with E-state index in [0.29, 0.717) is 12.1 Å². The van der Waals surface area contributed by atoms with E-state index in [1.807, 2.05) is 6.07 Å². The lowest BCUT2D eigenvalue weighted by Gasteiger charge is -2.18. The zero-order valence-corrected chi connectivity index (χ0v) is 9.71. The average molecular weight is 221 g/mol. The van der Waals surface area contributed by atoms with Gasteiger partial charge < -0.3 is 5.32 Å². The number of nitrogens with one attached hydrogen (secondary N) is 2. The molecule has 0 aliphatic heterocycles. The first kappa shape index (κ1) is 10.4. The predicted octanol–water partition coefficient (Wildman–Crippen LogP) is 2.88. The Morgan fingerprint density at radius 3 is 2.80 bits per heavy atom. The lowest BCUT2D eigenvalue weighted by atomic mass is 10.1. The van der Waals surface area contributed by atoms with Gasteiger partial charge in [-0.3, -0.25) is 5.10 Å². The Kier molecular flexibility index (Phi) is 3.18. The fourth-order valence-electron chi connectivity index (χ4n) is 1.59. The maximum Gasteiger partial charge on any atom is 0.0518 e. The third kappa shape index (κ3) is 2.46. The Hall–Kier alpha value is -1.13. The van der Waals surface area contributed by atoms with Gasteiger partial charge in [-0.05, 0) is 42.3 Å². The topological polar surface area (TPSA) is 40.7 Å². The Bertz CT molecular complexity index is 342. The molecule has 0 saturated carbocycles. The van der Waals surface area contributed by atoms with E-state index in [1.165, 1.54) is 5.56 Å². The van der Waals surface area contributed by atoms with Gasteiger partial charge in [-0.1, -0.05) is 0 Å². The van der Waals surface area contributed by atoms with Gasteiger partial charge in [0.05, 0.1) is 5.69 Å². The van der Waals surface area contributed by atoms with Crippen molar-refractivity contribution in [1.29, 1.82) is 0 Å². The maximum absolute atomic E-state index is 3.95. The number of rotatable bonds is 4. The van der Waals surface area contributed by atoms with Gasteiger partial charge in [-0.2, -0.15) is 16.4 Å². The van der Waals surface area contributed by atoms with Crippen LogP contribution in [0.4, 0.5) is 0 Å². The summed E-state index contributed by atoms with van der Waals surface area (Å²) in [6.45, 7) is 4.31. The third-order valence-corrected chi connectivity index (χ3v) is 3.23. The molecule has 0 aliphatic rings. The van der Waals surface area contributed by atoms with Crippen LogP contribution in [0.5, 0.6) is 0 Å². The second-order valence-electron chi connectivity index (χ2n) is 3.68.